The average molecular weight is 428 g/mol. The zero-order valence-corrected chi connectivity index (χ0v) is 18.0. The normalized spacial score (nSPS) is 18.2. The maximum Gasteiger partial charge on any atom is 0.273 e. The summed E-state index contributed by atoms with van der Waals surface area (Å²) in [5.74, 6) is 1.54. The number of rotatable bonds is 7. The number of ether oxygens (including phenoxy) is 2. The second-order valence-electron chi connectivity index (χ2n) is 7.43. The molecule has 1 saturated carbocycles. The largest absolute Gasteiger partial charge is 0.490 e. The van der Waals surface area contributed by atoms with Crippen LogP contribution in [0.5, 0.6) is 11.5 Å². The number of amides is 1. The number of hydrazine groups is 1. The summed E-state index contributed by atoms with van der Waals surface area (Å²) in [6.45, 7) is 2.94. The molecule has 0 aliphatic heterocycles. The first-order valence-electron chi connectivity index (χ1n) is 10.4. The van der Waals surface area contributed by atoms with Gasteiger partial charge in [-0.25, -0.2) is 0 Å². The highest BCUT2D eigenvalue weighted by Crippen LogP contribution is 2.23. The number of benzene rings is 2. The maximum atomic E-state index is 12.6. The number of hydrogen-bond acceptors (Lipinski definition) is 4. The lowest BCUT2D eigenvalue weighted by molar-refractivity contribution is 0.0938. The minimum atomic E-state index is -0.310. The van der Waals surface area contributed by atoms with Crippen molar-refractivity contribution < 1.29 is 14.3 Å². The third-order valence-electron chi connectivity index (χ3n) is 5.20. The first-order chi connectivity index (χ1) is 14.6. The van der Waals surface area contributed by atoms with E-state index < -0.39 is 0 Å². The Labute approximate surface area is 183 Å². The highest BCUT2D eigenvalue weighted by Gasteiger charge is 2.22. The SMILES string of the molecule is C[C@@H]1CCCC[C@@H]1NC(=S)NNC(=O)c1ccccc1OCCOc1ccccc1. The molecule has 0 spiro atoms. The second kappa shape index (κ2) is 11.4. The van der Waals surface area contributed by atoms with E-state index in [9.17, 15) is 4.79 Å². The lowest BCUT2D eigenvalue weighted by Crippen LogP contribution is -2.51. The fraction of sp³-hybridized carbons (Fsp3) is 0.391. The van der Waals surface area contributed by atoms with E-state index in [4.69, 9.17) is 21.7 Å². The molecule has 2 aromatic carbocycles. The van der Waals surface area contributed by atoms with E-state index in [-0.39, 0.29) is 5.91 Å². The van der Waals surface area contributed by atoms with Crippen molar-refractivity contribution in [1.29, 1.82) is 0 Å². The molecule has 0 unspecified atom stereocenters. The maximum absolute atomic E-state index is 12.6. The van der Waals surface area contributed by atoms with Gasteiger partial charge in [0.1, 0.15) is 24.7 Å². The predicted octanol–water partition coefficient (Wildman–Crippen LogP) is 3.83. The smallest absolute Gasteiger partial charge is 0.273 e. The molecule has 2 atom stereocenters. The second-order valence-corrected chi connectivity index (χ2v) is 7.84. The number of hydrogen-bond donors (Lipinski definition) is 3. The summed E-state index contributed by atoms with van der Waals surface area (Å²) in [5.41, 5.74) is 5.89. The highest BCUT2D eigenvalue weighted by molar-refractivity contribution is 7.80. The van der Waals surface area contributed by atoms with Gasteiger partial charge in [-0.05, 0) is 55.2 Å². The molecule has 0 aromatic heterocycles. The molecule has 0 bridgehead atoms. The van der Waals surface area contributed by atoms with Crippen LogP contribution in [0.2, 0.25) is 0 Å². The van der Waals surface area contributed by atoms with Crippen LogP contribution in [0.25, 0.3) is 0 Å². The van der Waals surface area contributed by atoms with E-state index in [1.165, 1.54) is 19.3 Å². The van der Waals surface area contributed by atoms with Crippen LogP contribution in [0.3, 0.4) is 0 Å². The van der Waals surface area contributed by atoms with E-state index in [2.05, 4.69) is 23.1 Å². The van der Waals surface area contributed by atoms with E-state index in [0.717, 1.165) is 12.2 Å². The third-order valence-corrected chi connectivity index (χ3v) is 5.42. The van der Waals surface area contributed by atoms with Gasteiger partial charge in [-0.2, -0.15) is 0 Å². The Kier molecular flexibility index (Phi) is 8.32. The van der Waals surface area contributed by atoms with Gasteiger partial charge < -0.3 is 14.8 Å². The van der Waals surface area contributed by atoms with E-state index in [1.54, 1.807) is 18.2 Å². The van der Waals surface area contributed by atoms with Gasteiger partial charge in [0.15, 0.2) is 5.11 Å². The molecule has 0 heterocycles. The van der Waals surface area contributed by atoms with Gasteiger partial charge in [-0.3, -0.25) is 15.6 Å². The van der Waals surface area contributed by atoms with Crippen molar-refractivity contribution in [2.45, 2.75) is 38.6 Å². The predicted molar refractivity (Wildman–Crippen MR) is 122 cm³/mol. The van der Waals surface area contributed by atoms with Crippen molar-refractivity contribution in [2.24, 2.45) is 5.92 Å². The molecule has 6 nitrogen and oxygen atoms in total. The minimum Gasteiger partial charge on any atom is -0.490 e. The highest BCUT2D eigenvalue weighted by atomic mass is 32.1. The van der Waals surface area contributed by atoms with Crippen molar-refractivity contribution in [2.75, 3.05) is 13.2 Å². The van der Waals surface area contributed by atoms with Gasteiger partial charge in [0.05, 0.1) is 5.56 Å². The van der Waals surface area contributed by atoms with Crippen molar-refractivity contribution in [3.05, 3.63) is 60.2 Å². The summed E-state index contributed by atoms with van der Waals surface area (Å²) in [7, 11) is 0. The number of carbonyl (C=O) groups excluding carboxylic acids is 1. The van der Waals surface area contributed by atoms with Crippen LogP contribution in [0.15, 0.2) is 54.6 Å². The molecular weight excluding hydrogens is 398 g/mol. The molecule has 0 radical (unpaired) electrons. The summed E-state index contributed by atoms with van der Waals surface area (Å²) in [4.78, 5) is 12.6. The van der Waals surface area contributed by atoms with Gasteiger partial charge in [-0.15, -0.1) is 0 Å². The van der Waals surface area contributed by atoms with Crippen molar-refractivity contribution in [3.63, 3.8) is 0 Å². The van der Waals surface area contributed by atoms with E-state index in [1.807, 2.05) is 36.4 Å². The van der Waals surface area contributed by atoms with Crippen LogP contribution in [0.1, 0.15) is 43.0 Å². The van der Waals surface area contributed by atoms with Gasteiger partial charge in [0, 0.05) is 6.04 Å². The molecule has 1 fully saturated rings. The fourth-order valence-electron chi connectivity index (χ4n) is 3.52. The number of carbonyl (C=O) groups is 1. The lowest BCUT2D eigenvalue weighted by Gasteiger charge is -2.30. The summed E-state index contributed by atoms with van der Waals surface area (Å²) < 4.78 is 11.4. The summed E-state index contributed by atoms with van der Waals surface area (Å²) in [6, 6.07) is 17.0. The quantitative estimate of drug-likeness (QED) is 0.354. The summed E-state index contributed by atoms with van der Waals surface area (Å²) >= 11 is 5.34. The monoisotopic (exact) mass is 427 g/mol. The molecule has 3 N–H and O–H groups in total. The Balaban J connectivity index is 1.45. The Morgan fingerprint density at radius 2 is 1.67 bits per heavy atom. The Hall–Kier alpha value is -2.80. The molecular formula is C23H29N3O3S. The van der Waals surface area contributed by atoms with Crippen LogP contribution in [-0.2, 0) is 0 Å². The molecule has 1 amide bonds. The molecule has 1 aliphatic rings. The zero-order chi connectivity index (χ0) is 21.2. The Morgan fingerprint density at radius 3 is 2.47 bits per heavy atom. The standard InChI is InChI=1S/C23H29N3O3S/c1-17-9-5-7-13-20(17)24-23(30)26-25-22(27)19-12-6-8-14-21(19)29-16-15-28-18-10-3-2-4-11-18/h2-4,6,8,10-12,14,17,20H,5,7,9,13,15-16H2,1H3,(H,25,27)(H2,24,26,30)/t17-,20+/m1/s1. The first-order valence-corrected chi connectivity index (χ1v) is 10.8. The number of thiocarbonyl (C=S) groups is 1. The van der Waals surface area contributed by atoms with Crippen molar-refractivity contribution in [3.8, 4) is 11.5 Å². The van der Waals surface area contributed by atoms with Crippen LogP contribution < -0.4 is 25.6 Å². The average Bonchev–Trinajstić information content (AvgIpc) is 2.78. The Bertz CT molecular complexity index is 831. The molecule has 7 heteroatoms. The summed E-state index contributed by atoms with van der Waals surface area (Å²) in [5, 5.41) is 3.73. The molecule has 160 valence electrons. The Morgan fingerprint density at radius 1 is 0.967 bits per heavy atom. The van der Waals surface area contributed by atoms with Gasteiger partial charge >= 0.3 is 0 Å². The fourth-order valence-corrected chi connectivity index (χ4v) is 3.73. The molecule has 1 aliphatic carbocycles. The number of nitrogens with one attached hydrogen (secondary N) is 3. The molecule has 30 heavy (non-hydrogen) atoms. The summed E-state index contributed by atoms with van der Waals surface area (Å²) in [6.07, 6.45) is 4.77. The molecule has 3 rings (SSSR count). The zero-order valence-electron chi connectivity index (χ0n) is 17.2. The molecule has 0 saturated heterocycles. The van der Waals surface area contributed by atoms with Crippen LogP contribution in [0, 0.1) is 5.92 Å². The van der Waals surface area contributed by atoms with Crippen LogP contribution in [0.4, 0.5) is 0 Å². The lowest BCUT2D eigenvalue weighted by atomic mass is 9.86. The van der Waals surface area contributed by atoms with Gasteiger partial charge in [0.2, 0.25) is 0 Å². The van der Waals surface area contributed by atoms with E-state index >= 15 is 0 Å². The van der Waals surface area contributed by atoms with Crippen LogP contribution in [-0.4, -0.2) is 30.3 Å². The van der Waals surface area contributed by atoms with Gasteiger partial charge in [-0.1, -0.05) is 50.1 Å². The van der Waals surface area contributed by atoms with E-state index in [0.29, 0.717) is 41.6 Å². The number of para-hydroxylation sites is 2. The minimum absolute atomic E-state index is 0.310. The molecule has 2 aromatic rings. The van der Waals surface area contributed by atoms with Gasteiger partial charge in [0.25, 0.3) is 5.91 Å². The van der Waals surface area contributed by atoms with Crippen LogP contribution >= 0.6 is 12.2 Å². The van der Waals surface area contributed by atoms with Crippen molar-refractivity contribution in [1.82, 2.24) is 16.2 Å². The topological polar surface area (TPSA) is 71.6 Å². The first kappa shape index (κ1) is 21.9. The van der Waals surface area contributed by atoms with Crippen molar-refractivity contribution >= 4 is 23.2 Å². The third kappa shape index (κ3) is 6.62.